The Labute approximate surface area is 239 Å². The third-order valence-corrected chi connectivity index (χ3v) is 8.88. The summed E-state index contributed by atoms with van der Waals surface area (Å²) in [5.74, 6) is -0.687. The number of piperidine rings is 1. The van der Waals surface area contributed by atoms with E-state index in [-0.39, 0.29) is 41.9 Å². The lowest BCUT2D eigenvalue weighted by molar-refractivity contribution is -0.170. The van der Waals surface area contributed by atoms with Crippen molar-refractivity contribution in [1.29, 1.82) is 0 Å². The minimum atomic E-state index is -0.627. The van der Waals surface area contributed by atoms with Crippen molar-refractivity contribution in [3.63, 3.8) is 0 Å². The van der Waals surface area contributed by atoms with Crippen molar-refractivity contribution < 1.29 is 28.2 Å². The molecule has 2 atom stereocenters. The zero-order chi connectivity index (χ0) is 28.4. The molecular formula is C30H37ClFN3O5. The summed E-state index contributed by atoms with van der Waals surface area (Å²) in [6.45, 7) is 6.90. The third-order valence-electron chi connectivity index (χ3n) is 8.63. The Morgan fingerprint density at radius 1 is 1.12 bits per heavy atom. The van der Waals surface area contributed by atoms with Gasteiger partial charge in [-0.2, -0.15) is 0 Å². The van der Waals surface area contributed by atoms with Crippen LogP contribution in [0.25, 0.3) is 0 Å². The third kappa shape index (κ3) is 5.77. The van der Waals surface area contributed by atoms with Gasteiger partial charge in [0.2, 0.25) is 11.8 Å². The Hall–Kier alpha value is -2.91. The first-order valence-electron chi connectivity index (χ1n) is 14.1. The minimum Gasteiger partial charge on any atom is -0.407 e. The van der Waals surface area contributed by atoms with Crippen LogP contribution in [-0.4, -0.2) is 84.6 Å². The highest BCUT2D eigenvalue weighted by Gasteiger charge is 2.46. The van der Waals surface area contributed by atoms with Crippen LogP contribution in [-0.2, 0) is 19.1 Å². The predicted molar refractivity (Wildman–Crippen MR) is 148 cm³/mol. The molecule has 1 aromatic rings. The van der Waals surface area contributed by atoms with Gasteiger partial charge in [0.15, 0.2) is 5.76 Å². The lowest BCUT2D eigenvalue weighted by Gasteiger charge is -2.42. The molecule has 5 rings (SSSR count). The summed E-state index contributed by atoms with van der Waals surface area (Å²) >= 11 is 6.14. The molecule has 0 spiro atoms. The van der Waals surface area contributed by atoms with E-state index in [4.69, 9.17) is 21.1 Å². The highest BCUT2D eigenvalue weighted by atomic mass is 35.5. The van der Waals surface area contributed by atoms with Crippen molar-refractivity contribution in [2.45, 2.75) is 51.5 Å². The minimum absolute atomic E-state index is 0.0418. The summed E-state index contributed by atoms with van der Waals surface area (Å²) in [4.78, 5) is 45.2. The zero-order valence-electron chi connectivity index (χ0n) is 23.1. The van der Waals surface area contributed by atoms with Crippen molar-refractivity contribution in [3.8, 4) is 0 Å². The van der Waals surface area contributed by atoms with Crippen molar-refractivity contribution in [1.82, 2.24) is 14.7 Å². The van der Waals surface area contributed by atoms with E-state index in [2.05, 4.69) is 0 Å². The summed E-state index contributed by atoms with van der Waals surface area (Å²) in [5.41, 5.74) is 0.519. The van der Waals surface area contributed by atoms with Crippen LogP contribution >= 0.6 is 11.6 Å². The van der Waals surface area contributed by atoms with E-state index in [9.17, 15) is 18.8 Å². The maximum absolute atomic E-state index is 14.3. The quantitative estimate of drug-likeness (QED) is 0.484. The van der Waals surface area contributed by atoms with Crippen LogP contribution in [0.2, 0.25) is 5.02 Å². The van der Waals surface area contributed by atoms with Gasteiger partial charge in [-0.1, -0.05) is 29.8 Å². The number of likely N-dealkylation sites (tertiary alicyclic amines) is 2. The van der Waals surface area contributed by atoms with E-state index in [0.29, 0.717) is 70.2 Å². The number of halogens is 2. The summed E-state index contributed by atoms with van der Waals surface area (Å²) in [5, 5.41) is 0.605. The van der Waals surface area contributed by atoms with Gasteiger partial charge in [-0.05, 0) is 56.9 Å². The molecule has 3 heterocycles. The zero-order valence-corrected chi connectivity index (χ0v) is 23.9. The van der Waals surface area contributed by atoms with Crippen LogP contribution in [0.15, 0.2) is 48.0 Å². The average Bonchev–Trinajstić information content (AvgIpc) is 3.38. The number of amides is 3. The van der Waals surface area contributed by atoms with Gasteiger partial charge in [-0.25, -0.2) is 9.18 Å². The van der Waals surface area contributed by atoms with Gasteiger partial charge in [-0.15, -0.1) is 0 Å². The number of hydrogen-bond donors (Lipinski definition) is 0. The number of carbonyl (C=O) groups is 3. The number of nitrogens with zero attached hydrogens (tertiary/aromatic N) is 3. The summed E-state index contributed by atoms with van der Waals surface area (Å²) < 4.78 is 25.1. The van der Waals surface area contributed by atoms with Gasteiger partial charge in [0.05, 0.1) is 24.7 Å². The van der Waals surface area contributed by atoms with Crippen LogP contribution in [0.3, 0.4) is 0 Å². The first-order valence-corrected chi connectivity index (χ1v) is 14.5. The number of hydrogen-bond acceptors (Lipinski definition) is 5. The Morgan fingerprint density at radius 3 is 2.42 bits per heavy atom. The fourth-order valence-corrected chi connectivity index (χ4v) is 6.30. The van der Waals surface area contributed by atoms with Crippen LogP contribution in [0.5, 0.6) is 0 Å². The van der Waals surface area contributed by atoms with Gasteiger partial charge in [0.25, 0.3) is 0 Å². The molecule has 3 amide bonds. The van der Waals surface area contributed by atoms with Crippen LogP contribution < -0.4 is 0 Å². The number of rotatable bonds is 6. The molecule has 4 aliphatic rings. The predicted octanol–water partition coefficient (Wildman–Crippen LogP) is 4.90. The summed E-state index contributed by atoms with van der Waals surface area (Å²) in [6, 6.07) is 7.11. The lowest BCUT2D eigenvalue weighted by atomic mass is 9.85. The Balaban J connectivity index is 1.29. The van der Waals surface area contributed by atoms with Gasteiger partial charge >= 0.3 is 6.09 Å². The maximum atomic E-state index is 14.3. The van der Waals surface area contributed by atoms with E-state index in [0.717, 1.165) is 5.56 Å². The van der Waals surface area contributed by atoms with Crippen LogP contribution in [0.1, 0.15) is 51.0 Å². The molecule has 3 saturated heterocycles. The smallest absolute Gasteiger partial charge is 0.407 e. The molecule has 3 fully saturated rings. The average molecular weight is 574 g/mol. The molecular weight excluding hydrogens is 537 g/mol. The number of allylic oxidation sites excluding steroid dienone is 3. The van der Waals surface area contributed by atoms with Crippen molar-refractivity contribution in [3.05, 3.63) is 58.6 Å². The standard InChI is InChI=1S/C30H37ClFN3O5/c1-3-35(29(38)40-26-7-5-4-6-24(26)32)25-17-34(16-23(25)20-8-10-22(31)11-9-20)27(36)21-12-14-33(15-13-21)28(37)30(2)18-39-19-30/h5,7-11,21,23,25H,3-4,6,12-19H2,1-2H3. The topological polar surface area (TPSA) is 79.4 Å². The first kappa shape index (κ1) is 28.6. The van der Waals surface area contributed by atoms with Crippen molar-refractivity contribution in [2.24, 2.45) is 11.3 Å². The fourth-order valence-electron chi connectivity index (χ4n) is 6.18. The SMILES string of the molecule is CCN(C(=O)OC1=C(F)CCC=C1)C1CN(C(=O)C2CCN(C(=O)C3(C)COC3)CC2)CC1c1ccc(Cl)cc1. The van der Waals surface area contributed by atoms with E-state index < -0.39 is 17.3 Å². The largest absolute Gasteiger partial charge is 0.415 e. The normalized spacial score (nSPS) is 24.6. The second-order valence-corrected chi connectivity index (χ2v) is 11.9. The highest BCUT2D eigenvalue weighted by molar-refractivity contribution is 6.30. The maximum Gasteiger partial charge on any atom is 0.415 e. The molecule has 10 heteroatoms. The van der Waals surface area contributed by atoms with Crippen LogP contribution in [0, 0.1) is 11.3 Å². The molecule has 0 bridgehead atoms. The number of carbonyl (C=O) groups excluding carboxylic acids is 3. The Bertz CT molecular complexity index is 1190. The number of benzene rings is 1. The Kier molecular flexibility index (Phi) is 8.52. The Morgan fingerprint density at radius 2 is 1.82 bits per heavy atom. The van der Waals surface area contributed by atoms with Gasteiger partial charge in [-0.3, -0.25) is 9.59 Å². The molecule has 0 radical (unpaired) electrons. The lowest BCUT2D eigenvalue weighted by Crippen LogP contribution is -2.55. The molecule has 3 aliphatic heterocycles. The van der Waals surface area contributed by atoms with Gasteiger partial charge in [0, 0.05) is 56.0 Å². The highest BCUT2D eigenvalue weighted by Crippen LogP contribution is 2.36. The molecule has 2 unspecified atom stereocenters. The number of likely N-dealkylation sites (N-methyl/N-ethyl adjacent to an activating group) is 1. The van der Waals surface area contributed by atoms with Gasteiger partial charge < -0.3 is 24.2 Å². The van der Waals surface area contributed by atoms with E-state index in [1.54, 1.807) is 23.1 Å². The van der Waals surface area contributed by atoms with Gasteiger partial charge in [0.1, 0.15) is 5.83 Å². The second-order valence-electron chi connectivity index (χ2n) is 11.5. The van der Waals surface area contributed by atoms with Crippen molar-refractivity contribution >= 4 is 29.5 Å². The van der Waals surface area contributed by atoms with Crippen molar-refractivity contribution in [2.75, 3.05) is 45.9 Å². The molecule has 216 valence electrons. The molecule has 0 saturated carbocycles. The monoisotopic (exact) mass is 573 g/mol. The number of ether oxygens (including phenoxy) is 2. The molecule has 40 heavy (non-hydrogen) atoms. The summed E-state index contributed by atoms with van der Waals surface area (Å²) in [7, 11) is 0. The second kappa shape index (κ2) is 11.9. The molecule has 1 aliphatic carbocycles. The van der Waals surface area contributed by atoms with E-state index in [1.807, 2.05) is 35.8 Å². The molecule has 0 aromatic heterocycles. The fraction of sp³-hybridized carbons (Fsp3) is 0.567. The molecule has 1 aromatic carbocycles. The summed E-state index contributed by atoms with van der Waals surface area (Å²) in [6.07, 6.45) is 4.65. The van der Waals surface area contributed by atoms with Crippen LogP contribution in [0.4, 0.5) is 9.18 Å². The van der Waals surface area contributed by atoms with E-state index in [1.165, 1.54) is 6.08 Å². The molecule has 0 N–H and O–H groups in total. The first-order chi connectivity index (χ1) is 19.2. The molecule has 8 nitrogen and oxygen atoms in total. The van der Waals surface area contributed by atoms with E-state index >= 15 is 0 Å².